The summed E-state index contributed by atoms with van der Waals surface area (Å²) in [6.07, 6.45) is 1.92. The Bertz CT molecular complexity index is 354. The smallest absolute Gasteiger partial charge is 0.245 e. The Hall–Kier alpha value is -1.06. The summed E-state index contributed by atoms with van der Waals surface area (Å²) in [5.41, 5.74) is 0. The topological polar surface area (TPSA) is 49.4 Å². The van der Waals surface area contributed by atoms with Crippen LogP contribution in [-0.2, 0) is 9.59 Å². The molecule has 102 valence electrons. The fraction of sp³-hybridized carbons (Fsp3) is 0.857. The van der Waals surface area contributed by atoms with Crippen molar-refractivity contribution in [3.05, 3.63) is 0 Å². The molecular formula is C14H24N2O2. The zero-order valence-corrected chi connectivity index (χ0v) is 11.8. The third-order valence-electron chi connectivity index (χ3n) is 4.16. The normalized spacial score (nSPS) is 35.9. The molecule has 1 N–H and O–H groups in total. The SMILES string of the molecule is CC(C)CC1NC(=O)C(C)N(CC2CC2C)C1=O. The van der Waals surface area contributed by atoms with Crippen LogP contribution in [0.25, 0.3) is 0 Å². The summed E-state index contributed by atoms with van der Waals surface area (Å²) < 4.78 is 0. The van der Waals surface area contributed by atoms with Gasteiger partial charge in [0.25, 0.3) is 0 Å². The summed E-state index contributed by atoms with van der Waals surface area (Å²) >= 11 is 0. The highest BCUT2D eigenvalue weighted by Crippen LogP contribution is 2.39. The van der Waals surface area contributed by atoms with Crippen molar-refractivity contribution in [3.63, 3.8) is 0 Å². The van der Waals surface area contributed by atoms with Gasteiger partial charge in [0, 0.05) is 6.54 Å². The van der Waals surface area contributed by atoms with E-state index in [1.165, 1.54) is 6.42 Å². The number of carbonyl (C=O) groups excluding carboxylic acids is 2. The summed E-state index contributed by atoms with van der Waals surface area (Å²) in [5, 5.41) is 2.85. The second kappa shape index (κ2) is 4.90. The fourth-order valence-corrected chi connectivity index (χ4v) is 2.67. The molecule has 2 aliphatic rings. The van der Waals surface area contributed by atoms with Crippen LogP contribution >= 0.6 is 0 Å². The molecule has 0 spiro atoms. The molecule has 2 rings (SSSR count). The number of amides is 2. The second-order valence-corrected chi connectivity index (χ2v) is 6.33. The molecule has 0 bridgehead atoms. The van der Waals surface area contributed by atoms with Crippen LogP contribution in [0.1, 0.15) is 40.5 Å². The van der Waals surface area contributed by atoms with Gasteiger partial charge in [0.05, 0.1) is 0 Å². The van der Waals surface area contributed by atoms with Crippen LogP contribution in [0.3, 0.4) is 0 Å². The fourth-order valence-electron chi connectivity index (χ4n) is 2.67. The predicted molar refractivity (Wildman–Crippen MR) is 69.8 cm³/mol. The van der Waals surface area contributed by atoms with Gasteiger partial charge in [-0.3, -0.25) is 9.59 Å². The van der Waals surface area contributed by atoms with Gasteiger partial charge >= 0.3 is 0 Å². The van der Waals surface area contributed by atoms with E-state index in [0.29, 0.717) is 17.8 Å². The summed E-state index contributed by atoms with van der Waals surface area (Å²) in [6, 6.07) is -0.628. The van der Waals surface area contributed by atoms with Crippen molar-refractivity contribution in [3.8, 4) is 0 Å². The average molecular weight is 252 g/mol. The molecule has 18 heavy (non-hydrogen) atoms. The largest absolute Gasteiger partial charge is 0.343 e. The molecule has 0 aromatic carbocycles. The van der Waals surface area contributed by atoms with Gasteiger partial charge in [0.2, 0.25) is 11.8 Å². The zero-order chi connectivity index (χ0) is 13.4. The monoisotopic (exact) mass is 252 g/mol. The number of rotatable bonds is 4. The highest BCUT2D eigenvalue weighted by molar-refractivity contribution is 5.96. The first-order valence-electron chi connectivity index (χ1n) is 7.01. The van der Waals surface area contributed by atoms with Gasteiger partial charge in [-0.1, -0.05) is 20.8 Å². The molecule has 0 aromatic rings. The molecule has 2 amide bonds. The van der Waals surface area contributed by atoms with Gasteiger partial charge < -0.3 is 10.2 Å². The lowest BCUT2D eigenvalue weighted by Gasteiger charge is -2.38. The molecule has 1 heterocycles. The minimum atomic E-state index is -0.317. The van der Waals surface area contributed by atoms with E-state index in [0.717, 1.165) is 13.0 Å². The van der Waals surface area contributed by atoms with Crippen molar-refractivity contribution >= 4 is 11.8 Å². The molecule has 1 aliphatic carbocycles. The Morgan fingerprint density at radius 2 is 1.94 bits per heavy atom. The van der Waals surface area contributed by atoms with Crippen LogP contribution < -0.4 is 5.32 Å². The van der Waals surface area contributed by atoms with Crippen molar-refractivity contribution in [2.45, 2.75) is 52.6 Å². The molecule has 4 nitrogen and oxygen atoms in total. The Balaban J connectivity index is 2.04. The van der Waals surface area contributed by atoms with Crippen LogP contribution in [0.5, 0.6) is 0 Å². The second-order valence-electron chi connectivity index (χ2n) is 6.33. The van der Waals surface area contributed by atoms with Gasteiger partial charge in [0.1, 0.15) is 12.1 Å². The van der Waals surface area contributed by atoms with E-state index in [2.05, 4.69) is 26.1 Å². The molecule has 1 saturated heterocycles. The highest BCUT2D eigenvalue weighted by atomic mass is 16.2. The lowest BCUT2D eigenvalue weighted by atomic mass is 9.98. The molecule has 1 aliphatic heterocycles. The number of hydrogen-bond acceptors (Lipinski definition) is 2. The van der Waals surface area contributed by atoms with Crippen molar-refractivity contribution in [1.29, 1.82) is 0 Å². The number of piperazine rings is 1. The maximum Gasteiger partial charge on any atom is 0.245 e. The standard InChI is InChI=1S/C14H24N2O2/c1-8(2)5-12-14(18)16(7-11-6-9(11)3)10(4)13(17)15-12/h8-12H,5-7H2,1-4H3,(H,15,17). The molecule has 4 unspecified atom stereocenters. The molecule has 2 fully saturated rings. The van der Waals surface area contributed by atoms with E-state index in [9.17, 15) is 9.59 Å². The van der Waals surface area contributed by atoms with Crippen LogP contribution in [0.4, 0.5) is 0 Å². The quantitative estimate of drug-likeness (QED) is 0.822. The third kappa shape index (κ3) is 2.68. The van der Waals surface area contributed by atoms with Gasteiger partial charge in [0.15, 0.2) is 0 Å². The number of nitrogens with zero attached hydrogens (tertiary/aromatic N) is 1. The maximum absolute atomic E-state index is 12.4. The van der Waals surface area contributed by atoms with Crippen molar-refractivity contribution in [1.82, 2.24) is 10.2 Å². The van der Waals surface area contributed by atoms with Crippen LogP contribution in [0.2, 0.25) is 0 Å². The molecule has 4 heteroatoms. The number of carbonyl (C=O) groups is 2. The highest BCUT2D eigenvalue weighted by Gasteiger charge is 2.42. The van der Waals surface area contributed by atoms with Crippen molar-refractivity contribution in [2.75, 3.05) is 6.54 Å². The lowest BCUT2D eigenvalue weighted by Crippen LogP contribution is -2.62. The summed E-state index contributed by atoms with van der Waals surface area (Å²) in [7, 11) is 0. The average Bonchev–Trinajstić information content (AvgIpc) is 2.96. The number of nitrogens with one attached hydrogen (secondary N) is 1. The molecular weight excluding hydrogens is 228 g/mol. The van der Waals surface area contributed by atoms with E-state index in [4.69, 9.17) is 0 Å². The van der Waals surface area contributed by atoms with Crippen LogP contribution in [-0.4, -0.2) is 35.3 Å². The minimum Gasteiger partial charge on any atom is -0.343 e. The summed E-state index contributed by atoms with van der Waals surface area (Å²) in [4.78, 5) is 26.1. The van der Waals surface area contributed by atoms with Crippen LogP contribution in [0.15, 0.2) is 0 Å². The lowest BCUT2D eigenvalue weighted by molar-refractivity contribution is -0.149. The zero-order valence-electron chi connectivity index (χ0n) is 11.8. The predicted octanol–water partition coefficient (Wildman–Crippen LogP) is 1.40. The van der Waals surface area contributed by atoms with Crippen LogP contribution in [0, 0.1) is 17.8 Å². The Kier molecular flexibility index (Phi) is 3.64. The van der Waals surface area contributed by atoms with Gasteiger partial charge in [-0.15, -0.1) is 0 Å². The first-order valence-corrected chi connectivity index (χ1v) is 7.01. The maximum atomic E-state index is 12.4. The molecule has 0 aromatic heterocycles. The van der Waals surface area contributed by atoms with E-state index in [1.807, 2.05) is 6.92 Å². The van der Waals surface area contributed by atoms with E-state index in [-0.39, 0.29) is 23.9 Å². The Morgan fingerprint density at radius 3 is 2.44 bits per heavy atom. The summed E-state index contributed by atoms with van der Waals surface area (Å²) in [6.45, 7) is 8.93. The molecule has 1 saturated carbocycles. The van der Waals surface area contributed by atoms with Gasteiger partial charge in [-0.05, 0) is 37.5 Å². The van der Waals surface area contributed by atoms with Crippen molar-refractivity contribution < 1.29 is 9.59 Å². The number of hydrogen-bond donors (Lipinski definition) is 1. The molecule has 0 radical (unpaired) electrons. The first kappa shape index (κ1) is 13.4. The Labute approximate surface area is 109 Å². The van der Waals surface area contributed by atoms with E-state index < -0.39 is 0 Å². The first-order chi connectivity index (χ1) is 8.40. The van der Waals surface area contributed by atoms with Gasteiger partial charge in [-0.25, -0.2) is 0 Å². The Morgan fingerprint density at radius 1 is 1.33 bits per heavy atom. The molecule has 4 atom stereocenters. The van der Waals surface area contributed by atoms with E-state index in [1.54, 1.807) is 4.90 Å². The minimum absolute atomic E-state index is 0.00597. The summed E-state index contributed by atoms with van der Waals surface area (Å²) in [5.74, 6) is 1.82. The van der Waals surface area contributed by atoms with Gasteiger partial charge in [-0.2, -0.15) is 0 Å². The third-order valence-corrected chi connectivity index (χ3v) is 4.16. The van der Waals surface area contributed by atoms with E-state index >= 15 is 0 Å². The van der Waals surface area contributed by atoms with Crippen molar-refractivity contribution in [2.24, 2.45) is 17.8 Å².